The Morgan fingerprint density at radius 1 is 1.20 bits per heavy atom. The summed E-state index contributed by atoms with van der Waals surface area (Å²) in [5, 5.41) is 3.56. The summed E-state index contributed by atoms with van der Waals surface area (Å²) < 4.78 is 0. The molecule has 0 aliphatic heterocycles. The Morgan fingerprint density at radius 2 is 1.85 bits per heavy atom. The molecular formula is C19H31N. The van der Waals surface area contributed by atoms with E-state index in [2.05, 4.69) is 64.3 Å². The summed E-state index contributed by atoms with van der Waals surface area (Å²) in [6.45, 7) is 9.43. The monoisotopic (exact) mass is 273 g/mol. The van der Waals surface area contributed by atoms with Crippen molar-refractivity contribution < 1.29 is 0 Å². The van der Waals surface area contributed by atoms with Gasteiger partial charge in [0.05, 0.1) is 0 Å². The fourth-order valence-corrected chi connectivity index (χ4v) is 3.03. The van der Waals surface area contributed by atoms with Crippen molar-refractivity contribution in [2.75, 3.05) is 7.05 Å². The molecular weight excluding hydrogens is 242 g/mol. The van der Waals surface area contributed by atoms with Crippen molar-refractivity contribution >= 4 is 0 Å². The van der Waals surface area contributed by atoms with Gasteiger partial charge in [0, 0.05) is 6.04 Å². The Bertz CT molecular complexity index is 426. The molecule has 0 radical (unpaired) electrons. The first kappa shape index (κ1) is 15.6. The molecule has 2 rings (SSSR count). The summed E-state index contributed by atoms with van der Waals surface area (Å²) in [4.78, 5) is 0. The maximum atomic E-state index is 3.56. The molecule has 0 aromatic heterocycles. The van der Waals surface area contributed by atoms with Gasteiger partial charge in [-0.15, -0.1) is 0 Å². The topological polar surface area (TPSA) is 12.0 Å². The third-order valence-corrected chi connectivity index (χ3v) is 5.33. The van der Waals surface area contributed by atoms with Crippen LogP contribution in [0.1, 0.15) is 76.5 Å². The van der Waals surface area contributed by atoms with E-state index in [1.54, 1.807) is 5.56 Å². The lowest BCUT2D eigenvalue weighted by Gasteiger charge is -2.34. The maximum Gasteiger partial charge on any atom is 0.0323 e. The molecule has 1 saturated carbocycles. The highest BCUT2D eigenvalue weighted by Crippen LogP contribution is 2.41. The Labute approximate surface area is 125 Å². The molecule has 112 valence electrons. The first-order valence-electron chi connectivity index (χ1n) is 8.19. The van der Waals surface area contributed by atoms with Crippen LogP contribution in [-0.4, -0.2) is 7.05 Å². The molecule has 0 amide bonds. The smallest absolute Gasteiger partial charge is 0.0323 e. The molecule has 1 aliphatic carbocycles. The molecule has 2 atom stereocenters. The van der Waals surface area contributed by atoms with Crippen molar-refractivity contribution in [1.29, 1.82) is 0 Å². The van der Waals surface area contributed by atoms with Crippen LogP contribution in [0.4, 0.5) is 0 Å². The van der Waals surface area contributed by atoms with E-state index in [9.17, 15) is 0 Å². The van der Waals surface area contributed by atoms with Crippen LogP contribution in [0, 0.1) is 11.3 Å². The minimum Gasteiger partial charge on any atom is -0.313 e. The Balaban J connectivity index is 2.19. The molecule has 0 spiro atoms. The molecule has 0 heterocycles. The minimum atomic E-state index is 0.376. The summed E-state index contributed by atoms with van der Waals surface area (Å²) in [7, 11) is 2.11. The lowest BCUT2D eigenvalue weighted by atomic mass is 9.74. The number of hydrogen-bond acceptors (Lipinski definition) is 1. The quantitative estimate of drug-likeness (QED) is 0.769. The molecule has 1 heteroatoms. The van der Waals surface area contributed by atoms with Gasteiger partial charge in [0.2, 0.25) is 0 Å². The number of nitrogens with one attached hydrogen (secondary N) is 1. The van der Waals surface area contributed by atoms with Crippen molar-refractivity contribution in [1.82, 2.24) is 5.32 Å². The molecule has 1 aromatic carbocycles. The van der Waals surface area contributed by atoms with Crippen molar-refractivity contribution in [2.45, 2.75) is 65.3 Å². The molecule has 2 unspecified atom stereocenters. The van der Waals surface area contributed by atoms with Gasteiger partial charge in [-0.25, -0.2) is 0 Å². The van der Waals surface area contributed by atoms with Crippen molar-refractivity contribution in [3.63, 3.8) is 0 Å². The minimum absolute atomic E-state index is 0.376. The molecule has 0 saturated heterocycles. The van der Waals surface area contributed by atoms with E-state index >= 15 is 0 Å². The summed E-state index contributed by atoms with van der Waals surface area (Å²) in [5.74, 6) is 1.52. The van der Waals surface area contributed by atoms with Gasteiger partial charge in [0.15, 0.2) is 0 Å². The largest absolute Gasteiger partial charge is 0.313 e. The molecule has 1 nitrogen and oxygen atoms in total. The van der Waals surface area contributed by atoms with Gasteiger partial charge in [-0.05, 0) is 54.7 Å². The first-order valence-corrected chi connectivity index (χ1v) is 8.19. The van der Waals surface area contributed by atoms with E-state index in [4.69, 9.17) is 0 Å². The first-order chi connectivity index (χ1) is 9.43. The highest BCUT2D eigenvalue weighted by atomic mass is 14.9. The average molecular weight is 273 g/mol. The van der Waals surface area contributed by atoms with Gasteiger partial charge >= 0.3 is 0 Å². The fourth-order valence-electron chi connectivity index (χ4n) is 3.03. The lowest BCUT2D eigenvalue weighted by Crippen LogP contribution is -2.27. The molecule has 1 aliphatic rings. The van der Waals surface area contributed by atoms with E-state index in [-0.39, 0.29) is 0 Å². The second-order valence-electron chi connectivity index (χ2n) is 7.60. The SMILES string of the molecule is CNC(CC(C)C(C)(C)C)c1ccccc1C1CCC1. The predicted octanol–water partition coefficient (Wildman–Crippen LogP) is 5.29. The van der Waals surface area contributed by atoms with E-state index in [1.165, 1.54) is 31.2 Å². The summed E-state index contributed by atoms with van der Waals surface area (Å²) in [6, 6.07) is 9.58. The van der Waals surface area contributed by atoms with Crippen LogP contribution < -0.4 is 5.32 Å². The van der Waals surface area contributed by atoms with Crippen LogP contribution in [-0.2, 0) is 0 Å². The van der Waals surface area contributed by atoms with Crippen LogP contribution in [0.2, 0.25) is 0 Å². The van der Waals surface area contributed by atoms with Crippen LogP contribution in [0.3, 0.4) is 0 Å². The van der Waals surface area contributed by atoms with Crippen LogP contribution in [0.5, 0.6) is 0 Å². The van der Waals surface area contributed by atoms with E-state index in [0.717, 1.165) is 5.92 Å². The number of benzene rings is 1. The van der Waals surface area contributed by atoms with Gasteiger partial charge in [0.1, 0.15) is 0 Å². The Hall–Kier alpha value is -0.820. The molecule has 1 fully saturated rings. The Morgan fingerprint density at radius 3 is 2.35 bits per heavy atom. The van der Waals surface area contributed by atoms with Gasteiger partial charge in [-0.3, -0.25) is 0 Å². The van der Waals surface area contributed by atoms with Crippen molar-refractivity contribution in [3.8, 4) is 0 Å². The standard InChI is InChI=1S/C19H31N/c1-14(19(2,3)4)13-18(20-5)17-12-7-6-11-16(17)15-9-8-10-15/h6-7,11-12,14-15,18,20H,8-10,13H2,1-5H3. The zero-order chi connectivity index (χ0) is 14.8. The van der Waals surface area contributed by atoms with Crippen LogP contribution in [0.25, 0.3) is 0 Å². The number of hydrogen-bond donors (Lipinski definition) is 1. The van der Waals surface area contributed by atoms with Crippen molar-refractivity contribution in [3.05, 3.63) is 35.4 Å². The zero-order valence-electron chi connectivity index (χ0n) is 13.9. The highest BCUT2D eigenvalue weighted by molar-refractivity contribution is 5.34. The van der Waals surface area contributed by atoms with Gasteiger partial charge in [0.25, 0.3) is 0 Å². The van der Waals surface area contributed by atoms with Crippen molar-refractivity contribution in [2.24, 2.45) is 11.3 Å². The average Bonchev–Trinajstić information content (AvgIpc) is 2.33. The third-order valence-electron chi connectivity index (χ3n) is 5.33. The predicted molar refractivity (Wildman–Crippen MR) is 88.1 cm³/mol. The zero-order valence-corrected chi connectivity index (χ0v) is 13.9. The summed E-state index contributed by atoms with van der Waals surface area (Å²) in [6.07, 6.45) is 5.37. The van der Waals surface area contributed by atoms with E-state index in [0.29, 0.717) is 17.4 Å². The molecule has 1 aromatic rings. The Kier molecular flexibility index (Phi) is 4.90. The van der Waals surface area contributed by atoms with Gasteiger partial charge < -0.3 is 5.32 Å². The highest BCUT2D eigenvalue weighted by Gasteiger charge is 2.27. The fraction of sp³-hybridized carbons (Fsp3) is 0.684. The second kappa shape index (κ2) is 6.30. The lowest BCUT2D eigenvalue weighted by molar-refractivity contribution is 0.225. The number of rotatable bonds is 5. The van der Waals surface area contributed by atoms with E-state index < -0.39 is 0 Å². The molecule has 1 N–H and O–H groups in total. The third kappa shape index (κ3) is 3.44. The summed E-state index contributed by atoms with van der Waals surface area (Å²) >= 11 is 0. The molecule has 0 bridgehead atoms. The maximum absolute atomic E-state index is 3.56. The van der Waals surface area contributed by atoms with Gasteiger partial charge in [-0.2, -0.15) is 0 Å². The van der Waals surface area contributed by atoms with E-state index in [1.807, 2.05) is 0 Å². The summed E-state index contributed by atoms with van der Waals surface area (Å²) in [5.41, 5.74) is 3.51. The van der Waals surface area contributed by atoms with Crippen LogP contribution in [0.15, 0.2) is 24.3 Å². The normalized spacial score (nSPS) is 19.4. The van der Waals surface area contributed by atoms with Gasteiger partial charge in [-0.1, -0.05) is 58.4 Å². The van der Waals surface area contributed by atoms with Crippen LogP contribution >= 0.6 is 0 Å². The molecule has 20 heavy (non-hydrogen) atoms. The second-order valence-corrected chi connectivity index (χ2v) is 7.60.